The summed E-state index contributed by atoms with van der Waals surface area (Å²) in [5, 5.41) is 1.23. The second-order valence-electron chi connectivity index (χ2n) is 5.75. The van der Waals surface area contributed by atoms with Gasteiger partial charge in [-0.05, 0) is 32.3 Å². The van der Waals surface area contributed by atoms with Gasteiger partial charge in [0, 0.05) is 22.7 Å². The van der Waals surface area contributed by atoms with Crippen molar-refractivity contribution in [1.82, 2.24) is 4.90 Å². The number of fused-ring (bicyclic) bond motifs is 1. The van der Waals surface area contributed by atoms with Gasteiger partial charge in [-0.15, -0.1) is 11.3 Å². The van der Waals surface area contributed by atoms with E-state index in [1.165, 1.54) is 11.3 Å². The molecule has 3 rings (SSSR count). The van der Waals surface area contributed by atoms with Crippen LogP contribution in [0.2, 0.25) is 5.02 Å². The number of halogens is 1. The van der Waals surface area contributed by atoms with Gasteiger partial charge in [-0.2, -0.15) is 0 Å². The van der Waals surface area contributed by atoms with Gasteiger partial charge >= 0.3 is 5.97 Å². The van der Waals surface area contributed by atoms with Crippen molar-refractivity contribution in [2.45, 2.75) is 32.2 Å². The summed E-state index contributed by atoms with van der Waals surface area (Å²) < 4.78 is 6.13. The highest BCUT2D eigenvalue weighted by molar-refractivity contribution is 7.21. The average Bonchev–Trinajstić information content (AvgIpc) is 2.90. The molecule has 0 N–H and O–H groups in total. The molecule has 0 unspecified atom stereocenters. The van der Waals surface area contributed by atoms with E-state index in [1.54, 1.807) is 4.90 Å². The maximum atomic E-state index is 12.2. The van der Waals surface area contributed by atoms with Crippen LogP contribution in [-0.2, 0) is 9.53 Å². The van der Waals surface area contributed by atoms with Gasteiger partial charge in [0.15, 0.2) is 6.61 Å². The van der Waals surface area contributed by atoms with Gasteiger partial charge in [0.2, 0.25) is 0 Å². The van der Waals surface area contributed by atoms with Crippen molar-refractivity contribution in [2.75, 3.05) is 13.2 Å². The normalized spacial score (nSPS) is 18.2. The Bertz CT molecular complexity index is 743. The summed E-state index contributed by atoms with van der Waals surface area (Å²) in [5.74, 6) is -0.669. The second-order valence-corrected chi connectivity index (χ2v) is 7.18. The Morgan fingerprint density at radius 2 is 2.13 bits per heavy atom. The fourth-order valence-corrected chi connectivity index (χ4v) is 4.29. The molecule has 2 heterocycles. The zero-order chi connectivity index (χ0) is 16.4. The van der Waals surface area contributed by atoms with Crippen LogP contribution < -0.4 is 0 Å². The number of piperidine rings is 1. The molecule has 1 aliphatic rings. The summed E-state index contributed by atoms with van der Waals surface area (Å²) in [5.41, 5.74) is 0. The molecule has 23 heavy (non-hydrogen) atoms. The zero-order valence-corrected chi connectivity index (χ0v) is 14.5. The first-order chi connectivity index (χ1) is 11.1. The maximum Gasteiger partial charge on any atom is 0.350 e. The Labute approximate surface area is 144 Å². The van der Waals surface area contributed by atoms with Crippen molar-refractivity contribution in [3.8, 4) is 0 Å². The summed E-state index contributed by atoms with van der Waals surface area (Å²) in [6.07, 6.45) is 3.15. The number of hydrogen-bond acceptors (Lipinski definition) is 4. The smallest absolute Gasteiger partial charge is 0.350 e. The zero-order valence-electron chi connectivity index (χ0n) is 12.9. The minimum atomic E-state index is -0.533. The topological polar surface area (TPSA) is 46.6 Å². The highest BCUT2D eigenvalue weighted by atomic mass is 35.5. The molecule has 1 aromatic heterocycles. The number of likely N-dealkylation sites (tertiary alicyclic amines) is 1. The van der Waals surface area contributed by atoms with Gasteiger partial charge in [-0.1, -0.05) is 29.8 Å². The predicted molar refractivity (Wildman–Crippen MR) is 92.1 cm³/mol. The quantitative estimate of drug-likeness (QED) is 0.782. The van der Waals surface area contributed by atoms with Crippen LogP contribution in [0.1, 0.15) is 35.9 Å². The molecular formula is C17H18ClNO3S. The van der Waals surface area contributed by atoms with Crippen molar-refractivity contribution in [2.24, 2.45) is 0 Å². The van der Waals surface area contributed by atoms with Gasteiger partial charge in [0.05, 0.1) is 5.02 Å². The average molecular weight is 352 g/mol. The Morgan fingerprint density at radius 1 is 1.35 bits per heavy atom. The molecule has 1 fully saturated rings. The molecule has 0 bridgehead atoms. The summed E-state index contributed by atoms with van der Waals surface area (Å²) in [4.78, 5) is 26.6. The molecule has 4 nitrogen and oxygen atoms in total. The van der Waals surface area contributed by atoms with E-state index in [4.69, 9.17) is 16.3 Å². The Morgan fingerprint density at radius 3 is 2.87 bits per heavy atom. The van der Waals surface area contributed by atoms with Crippen LogP contribution in [0.15, 0.2) is 24.3 Å². The third-order valence-corrected chi connectivity index (χ3v) is 5.83. The molecule has 0 aliphatic carbocycles. The monoisotopic (exact) mass is 351 g/mol. The van der Waals surface area contributed by atoms with Crippen LogP contribution in [0.3, 0.4) is 0 Å². The molecule has 6 heteroatoms. The van der Waals surface area contributed by atoms with Gasteiger partial charge in [-0.3, -0.25) is 4.79 Å². The molecule has 0 spiro atoms. The van der Waals surface area contributed by atoms with Crippen LogP contribution in [-0.4, -0.2) is 36.0 Å². The number of amides is 1. The van der Waals surface area contributed by atoms with Gasteiger partial charge in [0.25, 0.3) is 5.91 Å². The first-order valence-corrected chi connectivity index (χ1v) is 8.91. The van der Waals surface area contributed by atoms with E-state index in [-0.39, 0.29) is 18.6 Å². The van der Waals surface area contributed by atoms with Crippen molar-refractivity contribution >= 4 is 44.9 Å². The minimum Gasteiger partial charge on any atom is -0.451 e. The fourth-order valence-electron chi connectivity index (χ4n) is 2.89. The number of hydrogen-bond donors (Lipinski definition) is 0. The summed E-state index contributed by atoms with van der Waals surface area (Å²) in [6, 6.07) is 7.75. The van der Waals surface area contributed by atoms with Crippen LogP contribution >= 0.6 is 22.9 Å². The maximum absolute atomic E-state index is 12.2. The van der Waals surface area contributed by atoms with Gasteiger partial charge in [-0.25, -0.2) is 4.79 Å². The van der Waals surface area contributed by atoms with E-state index in [1.807, 2.05) is 31.2 Å². The fraction of sp³-hybridized carbons (Fsp3) is 0.412. The van der Waals surface area contributed by atoms with Crippen LogP contribution in [0.5, 0.6) is 0 Å². The first kappa shape index (κ1) is 16.3. The number of esters is 1. The molecule has 1 saturated heterocycles. The van der Waals surface area contributed by atoms with Crippen molar-refractivity contribution in [1.29, 1.82) is 0 Å². The summed E-state index contributed by atoms with van der Waals surface area (Å²) >= 11 is 7.54. The third kappa shape index (κ3) is 3.35. The van der Waals surface area contributed by atoms with Crippen LogP contribution in [0, 0.1) is 0 Å². The highest BCUT2D eigenvalue weighted by Crippen LogP contribution is 2.35. The number of ether oxygens (including phenoxy) is 1. The first-order valence-electron chi connectivity index (χ1n) is 7.71. The van der Waals surface area contributed by atoms with E-state index in [0.717, 1.165) is 35.9 Å². The minimum absolute atomic E-state index is 0.136. The number of carbonyl (C=O) groups is 2. The van der Waals surface area contributed by atoms with Gasteiger partial charge in [0.1, 0.15) is 4.88 Å². The highest BCUT2D eigenvalue weighted by Gasteiger charge is 2.25. The molecular weight excluding hydrogens is 334 g/mol. The predicted octanol–water partition coefficient (Wildman–Crippen LogP) is 4.11. The van der Waals surface area contributed by atoms with Crippen molar-refractivity contribution in [3.05, 3.63) is 34.2 Å². The SMILES string of the molecule is C[C@@H]1CCCCN1C(=O)COC(=O)c1sc2ccccc2c1Cl. The van der Waals surface area contributed by atoms with Crippen LogP contribution in [0.4, 0.5) is 0 Å². The Balaban J connectivity index is 1.66. The van der Waals surface area contributed by atoms with Crippen molar-refractivity contribution < 1.29 is 14.3 Å². The Kier molecular flexibility index (Phi) is 4.87. The number of nitrogens with zero attached hydrogens (tertiary/aromatic N) is 1. The molecule has 0 radical (unpaired) electrons. The molecule has 1 atom stereocenters. The molecule has 2 aromatic rings. The molecule has 1 amide bonds. The molecule has 1 aliphatic heterocycles. The van der Waals surface area contributed by atoms with E-state index < -0.39 is 5.97 Å². The van der Waals surface area contributed by atoms with E-state index in [0.29, 0.717) is 9.90 Å². The van der Waals surface area contributed by atoms with E-state index in [2.05, 4.69) is 0 Å². The number of thiophene rings is 1. The largest absolute Gasteiger partial charge is 0.451 e. The van der Waals surface area contributed by atoms with Crippen molar-refractivity contribution in [3.63, 3.8) is 0 Å². The number of benzene rings is 1. The second kappa shape index (κ2) is 6.89. The number of rotatable bonds is 3. The third-order valence-electron chi connectivity index (χ3n) is 4.17. The Hall–Kier alpha value is -1.59. The lowest BCUT2D eigenvalue weighted by atomic mass is 10.0. The van der Waals surface area contributed by atoms with Crippen LogP contribution in [0.25, 0.3) is 10.1 Å². The lowest BCUT2D eigenvalue weighted by Gasteiger charge is -2.33. The lowest BCUT2D eigenvalue weighted by Crippen LogP contribution is -2.44. The van der Waals surface area contributed by atoms with Gasteiger partial charge < -0.3 is 9.64 Å². The molecule has 0 saturated carbocycles. The standard InChI is InChI=1S/C17H18ClNO3S/c1-11-6-4-5-9-19(11)14(20)10-22-17(21)16-15(18)12-7-2-3-8-13(12)23-16/h2-3,7-8,11H,4-6,9-10H2,1H3/t11-/m1/s1. The van der Waals surface area contributed by atoms with E-state index >= 15 is 0 Å². The molecule has 1 aromatic carbocycles. The van der Waals surface area contributed by atoms with E-state index in [9.17, 15) is 9.59 Å². The number of carbonyl (C=O) groups excluding carboxylic acids is 2. The molecule has 122 valence electrons. The summed E-state index contributed by atoms with van der Waals surface area (Å²) in [6.45, 7) is 2.54. The lowest BCUT2D eigenvalue weighted by molar-refractivity contribution is -0.137. The summed E-state index contributed by atoms with van der Waals surface area (Å²) in [7, 11) is 0.